The van der Waals surface area contributed by atoms with Crippen LogP contribution in [0.2, 0.25) is 0 Å². The molecule has 2 rings (SSSR count). The van der Waals surface area contributed by atoms with Crippen molar-refractivity contribution in [1.29, 1.82) is 0 Å². The maximum atomic E-state index is 11.2. The summed E-state index contributed by atoms with van der Waals surface area (Å²) < 4.78 is 1.73. The highest BCUT2D eigenvalue weighted by molar-refractivity contribution is 5.96. The van der Waals surface area contributed by atoms with Gasteiger partial charge in [0, 0.05) is 18.6 Å². The van der Waals surface area contributed by atoms with Crippen molar-refractivity contribution in [3.8, 4) is 0 Å². The maximum absolute atomic E-state index is 11.2. The first kappa shape index (κ1) is 7.88. The number of imidazole rings is 1. The molecule has 0 radical (unpaired) electrons. The molecule has 13 heavy (non-hydrogen) atoms. The van der Waals surface area contributed by atoms with Crippen LogP contribution >= 0.6 is 0 Å². The first-order valence-corrected chi connectivity index (χ1v) is 3.83. The summed E-state index contributed by atoms with van der Waals surface area (Å²) in [6.45, 7) is -0.0166. The van der Waals surface area contributed by atoms with Gasteiger partial charge in [-0.1, -0.05) is 0 Å². The molecule has 2 heterocycles. The fraction of sp³-hybridized carbons (Fsp3) is 0.125. The van der Waals surface area contributed by atoms with Gasteiger partial charge in [-0.25, -0.2) is 4.98 Å². The molecular weight excluding hydrogens is 168 g/mol. The van der Waals surface area contributed by atoms with Crippen LogP contribution in [0.15, 0.2) is 24.8 Å². The molecule has 0 atom stereocenters. The van der Waals surface area contributed by atoms with Gasteiger partial charge in [0.1, 0.15) is 5.69 Å². The van der Waals surface area contributed by atoms with Crippen LogP contribution in [0.25, 0.3) is 5.65 Å². The largest absolute Gasteiger partial charge is 0.324 e. The van der Waals surface area contributed by atoms with E-state index in [2.05, 4.69) is 9.97 Å². The molecule has 0 amide bonds. The van der Waals surface area contributed by atoms with Crippen LogP contribution in [0.3, 0.4) is 0 Å². The van der Waals surface area contributed by atoms with Crippen LogP contribution in [0.4, 0.5) is 0 Å². The zero-order chi connectivity index (χ0) is 9.26. The van der Waals surface area contributed by atoms with Crippen molar-refractivity contribution in [2.24, 2.45) is 5.73 Å². The summed E-state index contributed by atoms with van der Waals surface area (Å²) in [5, 5.41) is 0. The van der Waals surface area contributed by atoms with E-state index in [0.29, 0.717) is 11.3 Å². The fourth-order valence-electron chi connectivity index (χ4n) is 1.08. The molecule has 0 unspecified atom stereocenters. The van der Waals surface area contributed by atoms with Crippen molar-refractivity contribution < 1.29 is 4.79 Å². The topological polar surface area (TPSA) is 73.3 Å². The average Bonchev–Trinajstić information content (AvgIpc) is 2.59. The van der Waals surface area contributed by atoms with Crippen molar-refractivity contribution in [2.45, 2.75) is 0 Å². The Bertz CT molecular complexity index is 415. The Morgan fingerprint density at radius 1 is 1.62 bits per heavy atom. The van der Waals surface area contributed by atoms with Crippen LogP contribution in [0, 0.1) is 0 Å². The van der Waals surface area contributed by atoms with E-state index in [0.717, 1.165) is 0 Å². The minimum Gasteiger partial charge on any atom is -0.324 e. The van der Waals surface area contributed by atoms with Gasteiger partial charge >= 0.3 is 0 Å². The Labute approximate surface area is 74.2 Å². The second kappa shape index (κ2) is 2.95. The molecule has 66 valence electrons. The van der Waals surface area contributed by atoms with Crippen molar-refractivity contribution in [1.82, 2.24) is 14.4 Å². The quantitative estimate of drug-likeness (QED) is 0.647. The fourth-order valence-corrected chi connectivity index (χ4v) is 1.08. The molecule has 0 saturated carbocycles. The summed E-state index contributed by atoms with van der Waals surface area (Å²) in [5.74, 6) is -0.163. The van der Waals surface area contributed by atoms with Crippen LogP contribution in [-0.4, -0.2) is 26.7 Å². The van der Waals surface area contributed by atoms with Gasteiger partial charge in [-0.15, -0.1) is 0 Å². The van der Waals surface area contributed by atoms with Gasteiger partial charge in [-0.05, 0) is 0 Å². The second-order valence-electron chi connectivity index (χ2n) is 2.60. The number of ketones is 1. The van der Waals surface area contributed by atoms with Crippen LogP contribution in [0.5, 0.6) is 0 Å². The highest BCUT2D eigenvalue weighted by atomic mass is 16.1. The Hall–Kier alpha value is -1.75. The molecule has 2 aromatic heterocycles. The number of carbonyl (C=O) groups excluding carboxylic acids is 1. The zero-order valence-corrected chi connectivity index (χ0v) is 6.84. The molecule has 5 nitrogen and oxygen atoms in total. The summed E-state index contributed by atoms with van der Waals surface area (Å²) in [5.41, 5.74) is 6.25. The summed E-state index contributed by atoms with van der Waals surface area (Å²) in [6, 6.07) is 0. The first-order chi connectivity index (χ1) is 6.31. The van der Waals surface area contributed by atoms with E-state index in [-0.39, 0.29) is 12.3 Å². The van der Waals surface area contributed by atoms with Gasteiger partial charge in [-0.2, -0.15) is 0 Å². The number of hydrogen-bond acceptors (Lipinski definition) is 4. The molecule has 0 aromatic carbocycles. The Balaban J connectivity index is 2.56. The van der Waals surface area contributed by atoms with Gasteiger partial charge in [0.05, 0.1) is 12.7 Å². The van der Waals surface area contributed by atoms with E-state index in [1.807, 2.05) is 0 Å². The van der Waals surface area contributed by atoms with E-state index in [4.69, 9.17) is 5.73 Å². The van der Waals surface area contributed by atoms with Crippen LogP contribution in [0.1, 0.15) is 10.5 Å². The van der Waals surface area contributed by atoms with Gasteiger partial charge < -0.3 is 10.1 Å². The third-order valence-electron chi connectivity index (χ3n) is 1.74. The van der Waals surface area contributed by atoms with Gasteiger partial charge in [0.15, 0.2) is 11.4 Å². The Morgan fingerprint density at radius 2 is 2.46 bits per heavy atom. The molecule has 0 aliphatic carbocycles. The Morgan fingerprint density at radius 3 is 3.15 bits per heavy atom. The summed E-state index contributed by atoms with van der Waals surface area (Å²) in [7, 11) is 0. The molecule has 2 N–H and O–H groups in total. The van der Waals surface area contributed by atoms with E-state index < -0.39 is 0 Å². The minimum absolute atomic E-state index is 0.0166. The molecule has 0 fully saturated rings. The maximum Gasteiger partial charge on any atom is 0.196 e. The zero-order valence-electron chi connectivity index (χ0n) is 6.84. The number of aromatic nitrogens is 3. The molecule has 0 saturated heterocycles. The van der Waals surface area contributed by atoms with E-state index in [1.54, 1.807) is 29.2 Å². The lowest BCUT2D eigenvalue weighted by Gasteiger charge is -1.86. The van der Waals surface area contributed by atoms with E-state index in [9.17, 15) is 4.79 Å². The van der Waals surface area contributed by atoms with Crippen molar-refractivity contribution in [3.63, 3.8) is 0 Å². The summed E-state index contributed by atoms with van der Waals surface area (Å²) in [4.78, 5) is 19.1. The molecule has 0 aliphatic heterocycles. The van der Waals surface area contributed by atoms with Gasteiger partial charge in [0.25, 0.3) is 0 Å². The number of nitrogens with zero attached hydrogens (tertiary/aromatic N) is 3. The van der Waals surface area contributed by atoms with Crippen LogP contribution < -0.4 is 5.73 Å². The molecule has 0 spiro atoms. The minimum atomic E-state index is -0.163. The molecule has 5 heteroatoms. The van der Waals surface area contributed by atoms with Crippen molar-refractivity contribution >= 4 is 11.4 Å². The monoisotopic (exact) mass is 176 g/mol. The standard InChI is InChI=1S/C8H8N4O/c9-3-7(13)6-5-12-2-1-10-4-8(12)11-6/h1-2,4-5H,3,9H2. The SMILES string of the molecule is NCC(=O)c1cn2ccncc2n1. The van der Waals surface area contributed by atoms with Crippen molar-refractivity contribution in [2.75, 3.05) is 6.54 Å². The molecule has 0 aliphatic rings. The Kier molecular flexibility index (Phi) is 1.79. The molecule has 2 aromatic rings. The number of fused-ring (bicyclic) bond motifs is 1. The normalized spacial score (nSPS) is 10.5. The lowest BCUT2D eigenvalue weighted by molar-refractivity contribution is 0.0997. The lowest BCUT2D eigenvalue weighted by Crippen LogP contribution is -2.13. The second-order valence-corrected chi connectivity index (χ2v) is 2.60. The summed E-state index contributed by atoms with van der Waals surface area (Å²) >= 11 is 0. The smallest absolute Gasteiger partial charge is 0.196 e. The number of rotatable bonds is 2. The first-order valence-electron chi connectivity index (χ1n) is 3.83. The predicted octanol–water partition coefficient (Wildman–Crippen LogP) is -0.129. The lowest BCUT2D eigenvalue weighted by atomic mass is 10.3. The predicted molar refractivity (Wildman–Crippen MR) is 46.4 cm³/mol. The third kappa shape index (κ3) is 1.29. The summed E-state index contributed by atoms with van der Waals surface area (Å²) in [6.07, 6.45) is 6.60. The number of hydrogen-bond donors (Lipinski definition) is 1. The molecular formula is C8H8N4O. The third-order valence-corrected chi connectivity index (χ3v) is 1.74. The number of carbonyl (C=O) groups is 1. The van der Waals surface area contributed by atoms with Gasteiger partial charge in [0.2, 0.25) is 0 Å². The van der Waals surface area contributed by atoms with E-state index >= 15 is 0 Å². The highest BCUT2D eigenvalue weighted by Gasteiger charge is 2.07. The number of Topliss-reactive ketones (excluding diaryl/α,β-unsaturated/α-hetero) is 1. The average molecular weight is 176 g/mol. The van der Waals surface area contributed by atoms with Gasteiger partial charge in [-0.3, -0.25) is 9.78 Å². The number of nitrogens with two attached hydrogens (primary N) is 1. The highest BCUT2D eigenvalue weighted by Crippen LogP contribution is 2.02. The van der Waals surface area contributed by atoms with Crippen molar-refractivity contribution in [3.05, 3.63) is 30.5 Å². The van der Waals surface area contributed by atoms with Crippen LogP contribution in [-0.2, 0) is 0 Å². The molecule has 0 bridgehead atoms. The van der Waals surface area contributed by atoms with E-state index in [1.165, 1.54) is 0 Å².